The molecule has 1 amide bonds. The van der Waals surface area contributed by atoms with Crippen LogP contribution in [-0.4, -0.2) is 20.2 Å². The number of hydrogen-bond acceptors (Lipinski definition) is 4. The lowest BCUT2D eigenvalue weighted by Crippen LogP contribution is -2.30. The van der Waals surface area contributed by atoms with E-state index in [0.29, 0.717) is 23.7 Å². The number of carbonyl (C=O) groups excluding carboxylic acids is 1. The Hall–Kier alpha value is -2.62. The summed E-state index contributed by atoms with van der Waals surface area (Å²) in [5.74, 6) is -2.26. The Balaban J connectivity index is 1.67. The van der Waals surface area contributed by atoms with Crippen LogP contribution in [0.4, 0.5) is 23.2 Å². The molecule has 0 spiro atoms. The van der Waals surface area contributed by atoms with Crippen LogP contribution in [0.5, 0.6) is 0 Å². The van der Waals surface area contributed by atoms with Crippen molar-refractivity contribution in [3.05, 3.63) is 64.5 Å². The number of anilines is 1. The van der Waals surface area contributed by atoms with Gasteiger partial charge in [0.15, 0.2) is 10.7 Å². The van der Waals surface area contributed by atoms with Gasteiger partial charge in [-0.1, -0.05) is 25.1 Å². The highest BCUT2D eigenvalue weighted by Gasteiger charge is 2.56. The molecular formula is C22H24F4N2O3S. The molecule has 3 rings (SSSR count). The van der Waals surface area contributed by atoms with Crippen LogP contribution in [0.3, 0.4) is 0 Å². The Morgan fingerprint density at radius 2 is 1.91 bits per heavy atom. The van der Waals surface area contributed by atoms with Crippen LogP contribution in [0.2, 0.25) is 0 Å². The molecule has 3 atom stereocenters. The van der Waals surface area contributed by atoms with Gasteiger partial charge in [-0.15, -0.1) is 0 Å². The Labute approximate surface area is 185 Å². The van der Waals surface area contributed by atoms with E-state index < -0.39 is 39.6 Å². The highest BCUT2D eigenvalue weighted by molar-refractivity contribution is 7.72. The van der Waals surface area contributed by atoms with Crippen LogP contribution in [0.25, 0.3) is 0 Å². The fourth-order valence-corrected chi connectivity index (χ4v) is 4.17. The zero-order valence-corrected chi connectivity index (χ0v) is 18.6. The van der Waals surface area contributed by atoms with Crippen LogP contribution in [0.15, 0.2) is 36.4 Å². The van der Waals surface area contributed by atoms with Gasteiger partial charge < -0.3 is 10.6 Å². The molecule has 1 aliphatic rings. The largest absolute Gasteiger partial charge is 0.419 e. The Bertz CT molecular complexity index is 1110. The quantitative estimate of drug-likeness (QED) is 0.415. The first kappa shape index (κ1) is 24.0. The number of thiol groups is 1. The van der Waals surface area contributed by atoms with Crippen LogP contribution in [0, 0.1) is 18.7 Å². The summed E-state index contributed by atoms with van der Waals surface area (Å²) in [7, 11) is -2.55. The van der Waals surface area contributed by atoms with Gasteiger partial charge in [-0.2, -0.15) is 13.2 Å². The normalized spacial score (nSPS) is 21.3. The van der Waals surface area contributed by atoms with Crippen LogP contribution >= 0.6 is 0 Å². The second-order valence-electron chi connectivity index (χ2n) is 8.34. The van der Waals surface area contributed by atoms with Gasteiger partial charge in [-0.25, -0.2) is 12.8 Å². The molecule has 2 aromatic rings. The van der Waals surface area contributed by atoms with Gasteiger partial charge in [0.05, 0.1) is 11.6 Å². The lowest BCUT2D eigenvalue weighted by molar-refractivity contribution is -0.140. The van der Waals surface area contributed by atoms with E-state index in [2.05, 4.69) is 10.6 Å². The van der Waals surface area contributed by atoms with E-state index in [4.69, 9.17) is 0 Å². The monoisotopic (exact) mass is 472 g/mol. The van der Waals surface area contributed by atoms with Crippen molar-refractivity contribution in [1.82, 2.24) is 5.32 Å². The van der Waals surface area contributed by atoms with E-state index in [1.54, 1.807) is 26.0 Å². The van der Waals surface area contributed by atoms with Crippen molar-refractivity contribution in [2.45, 2.75) is 44.8 Å². The molecule has 0 aromatic heterocycles. The number of rotatable bonds is 7. The summed E-state index contributed by atoms with van der Waals surface area (Å²) in [6.07, 6.45) is -4.36. The fourth-order valence-electron chi connectivity index (χ4n) is 3.87. The van der Waals surface area contributed by atoms with Gasteiger partial charge in [0.25, 0.3) is 0 Å². The van der Waals surface area contributed by atoms with Crippen molar-refractivity contribution >= 4 is 22.3 Å². The number of halogens is 4. The van der Waals surface area contributed by atoms with E-state index in [-0.39, 0.29) is 17.8 Å². The van der Waals surface area contributed by atoms with Gasteiger partial charge in [0, 0.05) is 17.0 Å². The number of aryl methyl sites for hydroxylation is 1. The van der Waals surface area contributed by atoms with Gasteiger partial charge in [0.2, 0.25) is 5.91 Å². The molecule has 5 nitrogen and oxygen atoms in total. The SMILES string of the molecule is Cc1cc([C@@H](C)NC(=O)C2CC2(C)c2ccc(C(F)(F)F)c(F)c2)ccc1NC[SH](=O)=O. The Kier molecular flexibility index (Phi) is 6.55. The van der Waals surface area contributed by atoms with E-state index in [1.807, 2.05) is 13.0 Å². The molecule has 0 heterocycles. The van der Waals surface area contributed by atoms with Crippen molar-refractivity contribution in [2.75, 3.05) is 11.2 Å². The molecule has 1 fully saturated rings. The highest BCUT2D eigenvalue weighted by atomic mass is 32.2. The van der Waals surface area contributed by atoms with E-state index in [9.17, 15) is 30.8 Å². The van der Waals surface area contributed by atoms with Gasteiger partial charge in [-0.05, 0) is 55.2 Å². The third-order valence-electron chi connectivity index (χ3n) is 6.00. The molecule has 174 valence electrons. The maximum Gasteiger partial charge on any atom is 0.419 e. The topological polar surface area (TPSA) is 75.3 Å². The average Bonchev–Trinajstić information content (AvgIpc) is 3.39. The standard InChI is InChI=1S/C22H24F4N2O3S/c1-12-8-14(4-7-19(12)27-11-32(30)31)13(2)28-20(29)17-10-21(17,3)15-5-6-16(18(23)9-15)22(24,25)26/h4-9,13,17,27,32H,10-11H2,1-3H3,(H,28,29)/t13-,17?,21?/m1/s1. The summed E-state index contributed by atoms with van der Waals surface area (Å²) < 4.78 is 73.9. The summed E-state index contributed by atoms with van der Waals surface area (Å²) >= 11 is 0. The molecule has 32 heavy (non-hydrogen) atoms. The first-order valence-electron chi connectivity index (χ1n) is 9.96. The Morgan fingerprint density at radius 1 is 1.22 bits per heavy atom. The summed E-state index contributed by atoms with van der Waals surface area (Å²) in [5, 5.41) is 5.71. The molecule has 10 heteroatoms. The smallest absolute Gasteiger partial charge is 0.372 e. The van der Waals surface area contributed by atoms with E-state index in [1.165, 1.54) is 6.07 Å². The molecule has 0 aliphatic heterocycles. The number of nitrogens with one attached hydrogen (secondary N) is 2. The molecular weight excluding hydrogens is 448 g/mol. The second-order valence-corrected chi connectivity index (χ2v) is 9.32. The molecule has 2 unspecified atom stereocenters. The van der Waals surface area contributed by atoms with Gasteiger partial charge >= 0.3 is 6.18 Å². The van der Waals surface area contributed by atoms with Gasteiger partial charge in [0.1, 0.15) is 11.7 Å². The number of benzene rings is 2. The number of amides is 1. The minimum atomic E-state index is -4.77. The maximum absolute atomic E-state index is 14.0. The van der Waals surface area contributed by atoms with Gasteiger partial charge in [-0.3, -0.25) is 4.79 Å². The average molecular weight is 473 g/mol. The summed E-state index contributed by atoms with van der Waals surface area (Å²) in [4.78, 5) is 12.8. The van der Waals surface area contributed by atoms with E-state index in [0.717, 1.165) is 17.2 Å². The van der Waals surface area contributed by atoms with Crippen LogP contribution < -0.4 is 10.6 Å². The highest BCUT2D eigenvalue weighted by Crippen LogP contribution is 2.54. The van der Waals surface area contributed by atoms with Crippen molar-refractivity contribution in [2.24, 2.45) is 5.92 Å². The minimum Gasteiger partial charge on any atom is -0.372 e. The lowest BCUT2D eigenvalue weighted by atomic mass is 9.93. The molecule has 1 aliphatic carbocycles. The predicted octanol–water partition coefficient (Wildman–Crippen LogP) is 4.29. The molecule has 0 bridgehead atoms. The molecule has 2 aromatic carbocycles. The molecule has 0 radical (unpaired) electrons. The molecule has 2 N–H and O–H groups in total. The van der Waals surface area contributed by atoms with Crippen molar-refractivity contribution < 1.29 is 30.8 Å². The maximum atomic E-state index is 14.0. The van der Waals surface area contributed by atoms with E-state index >= 15 is 0 Å². The molecule has 1 saturated carbocycles. The number of alkyl halides is 3. The summed E-state index contributed by atoms with van der Waals surface area (Å²) in [5.41, 5.74) is 0.612. The third-order valence-corrected chi connectivity index (χ3v) is 6.41. The molecule has 0 saturated heterocycles. The first-order valence-corrected chi connectivity index (χ1v) is 11.3. The number of carbonyl (C=O) groups is 1. The summed E-state index contributed by atoms with van der Waals surface area (Å²) in [6.45, 7) is 5.34. The fraction of sp³-hybridized carbons (Fsp3) is 0.409. The second kappa shape index (κ2) is 8.73. The zero-order chi connectivity index (χ0) is 23.8. The number of hydrogen-bond donors (Lipinski definition) is 3. The predicted molar refractivity (Wildman–Crippen MR) is 113 cm³/mol. The first-order chi connectivity index (χ1) is 14.8. The third kappa shape index (κ3) is 5.06. The van der Waals surface area contributed by atoms with Crippen LogP contribution in [0.1, 0.15) is 48.6 Å². The summed E-state index contributed by atoms with van der Waals surface area (Å²) in [6, 6.07) is 7.81. The van der Waals surface area contributed by atoms with Crippen molar-refractivity contribution in [1.29, 1.82) is 0 Å². The van der Waals surface area contributed by atoms with Crippen molar-refractivity contribution in [3.8, 4) is 0 Å². The van der Waals surface area contributed by atoms with Crippen molar-refractivity contribution in [3.63, 3.8) is 0 Å². The Morgan fingerprint density at radius 3 is 2.47 bits per heavy atom. The lowest BCUT2D eigenvalue weighted by Gasteiger charge is -2.18. The zero-order valence-electron chi connectivity index (χ0n) is 17.7. The minimum absolute atomic E-state index is 0.174. The van der Waals surface area contributed by atoms with Crippen LogP contribution in [-0.2, 0) is 27.1 Å².